The number of hydrogen-bond acceptors (Lipinski definition) is 4. The topological polar surface area (TPSA) is 51.6 Å². The van der Waals surface area contributed by atoms with E-state index in [9.17, 15) is 0 Å². The number of aromatic nitrogens is 4. The molecule has 0 amide bonds. The molecule has 0 spiro atoms. The molecule has 0 atom stereocenters. The molecule has 0 saturated heterocycles. The molecule has 4 heterocycles. The molecule has 1 aliphatic carbocycles. The molecular weight excluding hydrogens is 621 g/mol. The van der Waals surface area contributed by atoms with Crippen molar-refractivity contribution in [3.05, 3.63) is 182 Å². The summed E-state index contributed by atoms with van der Waals surface area (Å²) < 4.78 is 0. The van der Waals surface area contributed by atoms with Crippen molar-refractivity contribution in [2.45, 2.75) is 19.3 Å². The van der Waals surface area contributed by atoms with E-state index < -0.39 is 0 Å². The second kappa shape index (κ2) is 12.4. The van der Waals surface area contributed by atoms with Crippen LogP contribution >= 0.6 is 0 Å². The molecule has 1 aliphatic rings. The third kappa shape index (κ3) is 5.24. The van der Waals surface area contributed by atoms with Crippen LogP contribution in [-0.4, -0.2) is 19.9 Å². The lowest BCUT2D eigenvalue weighted by Gasteiger charge is -2.24. The molecule has 0 unspecified atom stereocenters. The standard InChI is InChI=1S/C47H34N4/c1-47(2)40-28-31(45-34(33-12-11-24-48-30-33)13-9-14-37(45)42-17-3-6-25-49-42)20-22-35(40)36-23-21-32(29-41(36)47)46-38(43-18-4-7-26-50-43)15-10-16-39(46)44-19-5-8-27-51-44/h3-30H,1-2H3. The van der Waals surface area contributed by atoms with Gasteiger partial charge in [0.25, 0.3) is 0 Å². The van der Waals surface area contributed by atoms with E-state index in [1.807, 2.05) is 73.4 Å². The molecule has 0 bridgehead atoms. The quantitative estimate of drug-likeness (QED) is 0.179. The number of hydrogen-bond donors (Lipinski definition) is 0. The zero-order chi connectivity index (χ0) is 34.4. The second-order valence-corrected chi connectivity index (χ2v) is 13.5. The molecule has 242 valence electrons. The van der Waals surface area contributed by atoms with Gasteiger partial charge in [-0.25, -0.2) is 0 Å². The Morgan fingerprint density at radius 2 is 0.843 bits per heavy atom. The predicted octanol–water partition coefficient (Wildman–Crippen LogP) is 11.6. The molecule has 4 aromatic carbocycles. The maximum atomic E-state index is 4.78. The first-order chi connectivity index (χ1) is 25.1. The molecule has 0 fully saturated rings. The van der Waals surface area contributed by atoms with E-state index >= 15 is 0 Å². The van der Waals surface area contributed by atoms with E-state index in [0.29, 0.717) is 0 Å². The average molecular weight is 655 g/mol. The summed E-state index contributed by atoms with van der Waals surface area (Å²) in [6.07, 6.45) is 9.35. The van der Waals surface area contributed by atoms with Crippen molar-refractivity contribution in [3.63, 3.8) is 0 Å². The van der Waals surface area contributed by atoms with Crippen LogP contribution in [0.1, 0.15) is 25.0 Å². The fraction of sp³-hybridized carbons (Fsp3) is 0.0638. The molecule has 0 aliphatic heterocycles. The van der Waals surface area contributed by atoms with Crippen molar-refractivity contribution in [1.82, 2.24) is 19.9 Å². The number of benzene rings is 4. The summed E-state index contributed by atoms with van der Waals surface area (Å²) in [5, 5.41) is 0. The molecule has 4 nitrogen and oxygen atoms in total. The van der Waals surface area contributed by atoms with Crippen LogP contribution in [0.5, 0.6) is 0 Å². The zero-order valence-corrected chi connectivity index (χ0v) is 28.5. The fourth-order valence-electron chi connectivity index (χ4n) is 7.74. The Labute approximate surface area is 298 Å². The Morgan fingerprint density at radius 1 is 0.373 bits per heavy atom. The summed E-state index contributed by atoms with van der Waals surface area (Å²) in [7, 11) is 0. The van der Waals surface area contributed by atoms with Gasteiger partial charge in [0.2, 0.25) is 0 Å². The van der Waals surface area contributed by atoms with Gasteiger partial charge in [-0.15, -0.1) is 0 Å². The Bertz CT molecular complexity index is 2230. The van der Waals surface area contributed by atoms with Crippen LogP contribution < -0.4 is 0 Å². The van der Waals surface area contributed by atoms with E-state index in [1.54, 1.807) is 0 Å². The largest absolute Gasteiger partial charge is 0.264 e. The minimum atomic E-state index is -0.254. The normalized spacial score (nSPS) is 12.7. The van der Waals surface area contributed by atoms with Gasteiger partial charge in [0, 0.05) is 64.2 Å². The van der Waals surface area contributed by atoms with Crippen LogP contribution in [0.2, 0.25) is 0 Å². The van der Waals surface area contributed by atoms with E-state index in [2.05, 4.69) is 116 Å². The Kier molecular flexibility index (Phi) is 7.44. The first kappa shape index (κ1) is 30.5. The molecule has 0 saturated carbocycles. The molecule has 0 N–H and O–H groups in total. The number of pyridine rings is 4. The molecule has 4 heteroatoms. The van der Waals surface area contributed by atoms with Gasteiger partial charge < -0.3 is 0 Å². The second-order valence-electron chi connectivity index (χ2n) is 13.5. The van der Waals surface area contributed by atoms with Gasteiger partial charge in [-0.05, 0) is 99.1 Å². The van der Waals surface area contributed by atoms with Crippen LogP contribution in [0.25, 0.3) is 78.3 Å². The summed E-state index contributed by atoms with van der Waals surface area (Å²) in [6.45, 7) is 4.70. The van der Waals surface area contributed by atoms with E-state index in [4.69, 9.17) is 15.0 Å². The van der Waals surface area contributed by atoms with E-state index in [-0.39, 0.29) is 5.41 Å². The van der Waals surface area contributed by atoms with Gasteiger partial charge in [-0.3, -0.25) is 19.9 Å². The van der Waals surface area contributed by atoms with Crippen molar-refractivity contribution in [2.24, 2.45) is 0 Å². The third-order valence-corrected chi connectivity index (χ3v) is 10.2. The molecule has 9 rings (SSSR count). The summed E-state index contributed by atoms with van der Waals surface area (Å²) in [4.78, 5) is 18.8. The monoisotopic (exact) mass is 654 g/mol. The molecule has 0 radical (unpaired) electrons. The highest BCUT2D eigenvalue weighted by Crippen LogP contribution is 2.52. The Hall–Kier alpha value is -6.52. The first-order valence-corrected chi connectivity index (χ1v) is 17.3. The lowest BCUT2D eigenvalue weighted by atomic mass is 9.79. The Morgan fingerprint density at radius 3 is 1.27 bits per heavy atom. The summed E-state index contributed by atoms with van der Waals surface area (Å²) in [5.74, 6) is 0. The van der Waals surface area contributed by atoms with Gasteiger partial charge in [-0.2, -0.15) is 0 Å². The molecule has 4 aromatic heterocycles. The number of rotatable bonds is 6. The number of nitrogens with zero attached hydrogens (tertiary/aromatic N) is 4. The van der Waals surface area contributed by atoms with Gasteiger partial charge >= 0.3 is 0 Å². The predicted molar refractivity (Wildman–Crippen MR) is 208 cm³/mol. The van der Waals surface area contributed by atoms with Gasteiger partial charge in [-0.1, -0.05) is 98.8 Å². The fourth-order valence-corrected chi connectivity index (χ4v) is 7.74. The lowest BCUT2D eigenvalue weighted by Crippen LogP contribution is -2.15. The van der Waals surface area contributed by atoms with Gasteiger partial charge in [0.15, 0.2) is 0 Å². The summed E-state index contributed by atoms with van der Waals surface area (Å²) in [6, 6.07) is 49.3. The third-order valence-electron chi connectivity index (χ3n) is 10.2. The van der Waals surface area contributed by atoms with Crippen LogP contribution in [0.15, 0.2) is 171 Å². The van der Waals surface area contributed by atoms with Crippen molar-refractivity contribution >= 4 is 0 Å². The first-order valence-electron chi connectivity index (χ1n) is 17.3. The minimum Gasteiger partial charge on any atom is -0.264 e. The van der Waals surface area contributed by atoms with Crippen molar-refractivity contribution < 1.29 is 0 Å². The van der Waals surface area contributed by atoms with E-state index in [0.717, 1.165) is 67.2 Å². The van der Waals surface area contributed by atoms with Crippen LogP contribution in [-0.2, 0) is 5.41 Å². The van der Waals surface area contributed by atoms with Crippen LogP contribution in [0.3, 0.4) is 0 Å². The van der Waals surface area contributed by atoms with Gasteiger partial charge in [0.05, 0.1) is 17.1 Å². The number of fused-ring (bicyclic) bond motifs is 3. The maximum Gasteiger partial charge on any atom is 0.0708 e. The van der Waals surface area contributed by atoms with Crippen molar-refractivity contribution in [2.75, 3.05) is 0 Å². The highest BCUT2D eigenvalue weighted by atomic mass is 14.7. The molecular formula is C47H34N4. The van der Waals surface area contributed by atoms with Gasteiger partial charge in [0.1, 0.15) is 0 Å². The van der Waals surface area contributed by atoms with Crippen LogP contribution in [0, 0.1) is 0 Å². The smallest absolute Gasteiger partial charge is 0.0708 e. The highest BCUT2D eigenvalue weighted by molar-refractivity contribution is 5.97. The van der Waals surface area contributed by atoms with Crippen molar-refractivity contribution in [3.8, 4) is 78.3 Å². The molecule has 51 heavy (non-hydrogen) atoms. The average Bonchev–Trinajstić information content (AvgIpc) is 3.43. The highest BCUT2D eigenvalue weighted by Gasteiger charge is 2.36. The Balaban J connectivity index is 1.22. The summed E-state index contributed by atoms with van der Waals surface area (Å²) >= 11 is 0. The molecule has 8 aromatic rings. The lowest BCUT2D eigenvalue weighted by molar-refractivity contribution is 0.661. The van der Waals surface area contributed by atoms with Crippen molar-refractivity contribution in [1.29, 1.82) is 0 Å². The summed E-state index contributed by atoms with van der Waals surface area (Å²) in [5.41, 5.74) is 17.8. The SMILES string of the molecule is CC1(C)c2cc(-c3c(-c4cccnc4)cccc3-c3ccccn3)ccc2-c2ccc(-c3c(-c4ccccn4)cccc3-c3ccccn3)cc21. The minimum absolute atomic E-state index is 0.254. The zero-order valence-electron chi connectivity index (χ0n) is 28.5. The van der Waals surface area contributed by atoms with E-state index in [1.165, 1.54) is 22.3 Å². The van der Waals surface area contributed by atoms with Crippen LogP contribution in [0.4, 0.5) is 0 Å². The maximum absolute atomic E-state index is 4.78.